The highest BCUT2D eigenvalue weighted by Crippen LogP contribution is 2.33. The van der Waals surface area contributed by atoms with Crippen LogP contribution in [0.3, 0.4) is 0 Å². The Labute approximate surface area is 175 Å². The van der Waals surface area contributed by atoms with Crippen LogP contribution >= 0.6 is 0 Å². The second-order valence-electron chi connectivity index (χ2n) is 7.23. The van der Waals surface area contributed by atoms with Crippen molar-refractivity contribution in [1.82, 2.24) is 15.2 Å². The highest BCUT2D eigenvalue weighted by atomic mass is 16.5. The van der Waals surface area contributed by atoms with Crippen LogP contribution in [-0.4, -0.2) is 48.6 Å². The van der Waals surface area contributed by atoms with Gasteiger partial charge in [-0.2, -0.15) is 10.4 Å². The Bertz CT molecular complexity index is 1100. The summed E-state index contributed by atoms with van der Waals surface area (Å²) < 4.78 is 11.0. The molecule has 1 aliphatic rings. The first-order valence-corrected chi connectivity index (χ1v) is 9.91. The second-order valence-corrected chi connectivity index (χ2v) is 7.23. The van der Waals surface area contributed by atoms with Crippen molar-refractivity contribution >= 4 is 22.4 Å². The molecule has 0 bridgehead atoms. The van der Waals surface area contributed by atoms with Gasteiger partial charge in [-0.15, -0.1) is 5.10 Å². The van der Waals surface area contributed by atoms with E-state index >= 15 is 0 Å². The molecule has 4 rings (SSSR count). The van der Waals surface area contributed by atoms with Crippen molar-refractivity contribution in [2.75, 3.05) is 43.6 Å². The lowest BCUT2D eigenvalue weighted by atomic mass is 10.0. The Hall–Kier alpha value is -3.44. The van der Waals surface area contributed by atoms with Crippen LogP contribution in [-0.2, 0) is 4.74 Å². The number of aryl methyl sites for hydroxylation is 1. The lowest BCUT2D eigenvalue weighted by molar-refractivity contribution is 0.122. The molecular weight excluding hydrogens is 380 g/mol. The van der Waals surface area contributed by atoms with E-state index in [2.05, 4.69) is 37.5 Å². The topological polar surface area (TPSA) is 96.2 Å². The molecule has 1 saturated heterocycles. The van der Waals surface area contributed by atoms with E-state index in [1.807, 2.05) is 32.2 Å². The molecule has 8 heteroatoms. The standard InChI is InChI=1S/C22H24N6O2/c1-14(18-6-4-5-16(12-23)21(18)29-3)25-22-19-11-17(28-7-9-30-10-8-28)13-24-20(19)15(2)26-27-22/h4-6,11,13-14H,7-10H2,1-3H3,(H,25,27)/t14-/m1/s1. The summed E-state index contributed by atoms with van der Waals surface area (Å²) in [6, 6.07) is 9.67. The van der Waals surface area contributed by atoms with Crippen molar-refractivity contribution in [3.05, 3.63) is 47.3 Å². The normalized spacial score (nSPS) is 14.9. The third-order valence-electron chi connectivity index (χ3n) is 5.34. The zero-order valence-electron chi connectivity index (χ0n) is 17.3. The van der Waals surface area contributed by atoms with Crippen molar-refractivity contribution in [1.29, 1.82) is 5.26 Å². The van der Waals surface area contributed by atoms with Crippen LogP contribution in [0.5, 0.6) is 5.75 Å². The highest BCUT2D eigenvalue weighted by Gasteiger charge is 2.19. The van der Waals surface area contributed by atoms with Gasteiger partial charge in [0.25, 0.3) is 0 Å². The fourth-order valence-corrected chi connectivity index (χ4v) is 3.74. The van der Waals surface area contributed by atoms with Crippen molar-refractivity contribution in [3.8, 4) is 11.8 Å². The van der Waals surface area contributed by atoms with Crippen LogP contribution in [0.4, 0.5) is 11.5 Å². The quantitative estimate of drug-likeness (QED) is 0.692. The molecule has 0 aliphatic carbocycles. The maximum Gasteiger partial charge on any atom is 0.158 e. The van der Waals surface area contributed by atoms with Gasteiger partial charge in [-0.05, 0) is 26.0 Å². The molecule has 1 fully saturated rings. The number of hydrogen-bond donors (Lipinski definition) is 1. The number of aromatic nitrogens is 3. The lowest BCUT2D eigenvalue weighted by Crippen LogP contribution is -2.36. The van der Waals surface area contributed by atoms with Crippen molar-refractivity contribution in [3.63, 3.8) is 0 Å². The first-order valence-electron chi connectivity index (χ1n) is 9.91. The Morgan fingerprint density at radius 3 is 2.80 bits per heavy atom. The largest absolute Gasteiger partial charge is 0.495 e. The number of methoxy groups -OCH3 is 1. The molecule has 0 radical (unpaired) electrons. The summed E-state index contributed by atoms with van der Waals surface area (Å²) in [5.74, 6) is 1.21. The average Bonchev–Trinajstić information content (AvgIpc) is 2.80. The van der Waals surface area contributed by atoms with E-state index in [1.54, 1.807) is 13.2 Å². The molecule has 154 valence electrons. The van der Waals surface area contributed by atoms with Gasteiger partial charge in [-0.1, -0.05) is 12.1 Å². The number of morpholine rings is 1. The number of nitriles is 1. The zero-order valence-corrected chi connectivity index (χ0v) is 17.3. The van der Waals surface area contributed by atoms with Gasteiger partial charge in [0, 0.05) is 24.0 Å². The SMILES string of the molecule is COc1c(C#N)cccc1[C@@H](C)Nc1nnc(C)c2ncc(N3CCOCC3)cc12. The summed E-state index contributed by atoms with van der Waals surface area (Å²) in [4.78, 5) is 6.93. The smallest absolute Gasteiger partial charge is 0.158 e. The number of anilines is 2. The van der Waals surface area contributed by atoms with Gasteiger partial charge in [-0.3, -0.25) is 4.98 Å². The van der Waals surface area contributed by atoms with Gasteiger partial charge in [0.1, 0.15) is 11.8 Å². The maximum atomic E-state index is 9.38. The maximum absolute atomic E-state index is 9.38. The van der Waals surface area contributed by atoms with Crippen LogP contribution < -0.4 is 15.0 Å². The summed E-state index contributed by atoms with van der Waals surface area (Å²) in [6.45, 7) is 7.00. The Kier molecular flexibility index (Phi) is 5.63. The molecule has 3 heterocycles. The Balaban J connectivity index is 1.72. The minimum Gasteiger partial charge on any atom is -0.495 e. The van der Waals surface area contributed by atoms with Crippen LogP contribution in [0.15, 0.2) is 30.5 Å². The molecule has 1 aromatic carbocycles. The number of nitrogens with one attached hydrogen (secondary N) is 1. The number of nitrogens with zero attached hydrogens (tertiary/aromatic N) is 5. The summed E-state index contributed by atoms with van der Waals surface area (Å²) in [6.07, 6.45) is 1.88. The van der Waals surface area contributed by atoms with E-state index < -0.39 is 0 Å². The van der Waals surface area contributed by atoms with E-state index in [0.29, 0.717) is 30.3 Å². The Morgan fingerprint density at radius 1 is 1.27 bits per heavy atom. The highest BCUT2D eigenvalue weighted by molar-refractivity contribution is 5.92. The predicted molar refractivity (Wildman–Crippen MR) is 115 cm³/mol. The van der Waals surface area contributed by atoms with Crippen LogP contribution in [0.2, 0.25) is 0 Å². The van der Waals surface area contributed by atoms with Gasteiger partial charge in [-0.25, -0.2) is 0 Å². The molecule has 8 nitrogen and oxygen atoms in total. The van der Waals surface area contributed by atoms with E-state index in [4.69, 9.17) is 9.47 Å². The summed E-state index contributed by atoms with van der Waals surface area (Å²) >= 11 is 0. The van der Waals surface area contributed by atoms with Gasteiger partial charge in [0.2, 0.25) is 0 Å². The van der Waals surface area contributed by atoms with Crippen LogP contribution in [0, 0.1) is 18.3 Å². The Morgan fingerprint density at radius 2 is 2.07 bits per heavy atom. The second kappa shape index (κ2) is 8.51. The average molecular weight is 404 g/mol. The van der Waals surface area contributed by atoms with Crippen LogP contribution in [0.25, 0.3) is 10.9 Å². The zero-order chi connectivity index (χ0) is 21.1. The number of benzene rings is 1. The minimum atomic E-state index is -0.152. The first kappa shape index (κ1) is 19.9. The predicted octanol–water partition coefficient (Wildman–Crippen LogP) is 3.22. The van der Waals surface area contributed by atoms with Crippen molar-refractivity contribution in [2.24, 2.45) is 0 Å². The van der Waals surface area contributed by atoms with Gasteiger partial charge in [0.05, 0.1) is 55.0 Å². The molecular formula is C22H24N6O2. The van der Waals surface area contributed by atoms with E-state index in [9.17, 15) is 5.26 Å². The van der Waals surface area contributed by atoms with E-state index in [0.717, 1.165) is 40.9 Å². The molecule has 2 aromatic heterocycles. The number of para-hydroxylation sites is 1. The van der Waals surface area contributed by atoms with Crippen LogP contribution in [0.1, 0.15) is 29.8 Å². The summed E-state index contributed by atoms with van der Waals surface area (Å²) in [5, 5.41) is 22.4. The first-order chi connectivity index (χ1) is 14.6. The van der Waals surface area contributed by atoms with E-state index in [-0.39, 0.29) is 6.04 Å². The monoisotopic (exact) mass is 404 g/mol. The number of rotatable bonds is 5. The lowest BCUT2D eigenvalue weighted by Gasteiger charge is -2.29. The fraction of sp³-hybridized carbons (Fsp3) is 0.364. The van der Waals surface area contributed by atoms with Crippen molar-refractivity contribution < 1.29 is 9.47 Å². The fourth-order valence-electron chi connectivity index (χ4n) is 3.74. The minimum absolute atomic E-state index is 0.152. The molecule has 30 heavy (non-hydrogen) atoms. The number of pyridine rings is 1. The molecule has 1 aliphatic heterocycles. The molecule has 0 spiro atoms. The number of ether oxygens (including phenoxy) is 2. The third kappa shape index (κ3) is 3.72. The molecule has 0 unspecified atom stereocenters. The van der Waals surface area contributed by atoms with E-state index in [1.165, 1.54) is 0 Å². The molecule has 0 amide bonds. The molecule has 1 atom stereocenters. The molecule has 0 saturated carbocycles. The molecule has 3 aromatic rings. The molecule has 1 N–H and O–H groups in total. The number of fused-ring (bicyclic) bond motifs is 1. The van der Waals surface area contributed by atoms with Crippen molar-refractivity contribution in [2.45, 2.75) is 19.9 Å². The summed E-state index contributed by atoms with van der Waals surface area (Å²) in [5.41, 5.74) is 4.01. The van der Waals surface area contributed by atoms with Gasteiger partial charge < -0.3 is 19.7 Å². The third-order valence-corrected chi connectivity index (χ3v) is 5.34. The summed E-state index contributed by atoms with van der Waals surface area (Å²) in [7, 11) is 1.58. The number of hydrogen-bond acceptors (Lipinski definition) is 8. The van der Waals surface area contributed by atoms with Gasteiger partial charge >= 0.3 is 0 Å². The van der Waals surface area contributed by atoms with Gasteiger partial charge in [0.15, 0.2) is 5.82 Å².